The van der Waals surface area contributed by atoms with E-state index < -0.39 is 17.8 Å². The first-order valence-electron chi connectivity index (χ1n) is 6.00. The van der Waals surface area contributed by atoms with Crippen LogP contribution >= 0.6 is 0 Å². The molecule has 2 atom stereocenters. The van der Waals surface area contributed by atoms with Crippen molar-refractivity contribution in [3.05, 3.63) is 0 Å². The largest absolute Gasteiger partial charge is 0.481 e. The molecule has 17 heavy (non-hydrogen) atoms. The lowest BCUT2D eigenvalue weighted by atomic mass is 9.95. The van der Waals surface area contributed by atoms with Crippen LogP contribution in [0.2, 0.25) is 0 Å². The monoisotopic (exact) mass is 245 g/mol. The first-order chi connectivity index (χ1) is 7.91. The molecule has 1 amide bonds. The Bertz CT molecular complexity index is 255. The van der Waals surface area contributed by atoms with E-state index in [4.69, 9.17) is 10.2 Å². The number of rotatable bonds is 8. The molecule has 0 saturated heterocycles. The Hall–Kier alpha value is -1.10. The van der Waals surface area contributed by atoms with Crippen molar-refractivity contribution in [3.63, 3.8) is 0 Å². The molecule has 0 aromatic heterocycles. The van der Waals surface area contributed by atoms with E-state index in [1.165, 1.54) is 0 Å². The van der Waals surface area contributed by atoms with Crippen molar-refractivity contribution in [2.24, 2.45) is 11.8 Å². The molecule has 0 aromatic carbocycles. The van der Waals surface area contributed by atoms with Crippen molar-refractivity contribution in [2.75, 3.05) is 20.2 Å². The SMILES string of the molecule is CC(C(=O)O)C(C)C(=O)N(C)CCCCCO. The van der Waals surface area contributed by atoms with Gasteiger partial charge in [-0.3, -0.25) is 9.59 Å². The molecule has 5 nitrogen and oxygen atoms in total. The minimum atomic E-state index is -0.945. The maximum Gasteiger partial charge on any atom is 0.307 e. The molecule has 0 spiro atoms. The lowest BCUT2D eigenvalue weighted by Gasteiger charge is -2.23. The van der Waals surface area contributed by atoms with Gasteiger partial charge in [-0.2, -0.15) is 0 Å². The number of carbonyl (C=O) groups is 2. The lowest BCUT2D eigenvalue weighted by Crippen LogP contribution is -2.37. The average molecular weight is 245 g/mol. The number of hydrogen-bond donors (Lipinski definition) is 2. The molecule has 0 aliphatic rings. The van der Waals surface area contributed by atoms with Crippen molar-refractivity contribution in [1.29, 1.82) is 0 Å². The third-order valence-electron chi connectivity index (χ3n) is 3.06. The van der Waals surface area contributed by atoms with E-state index in [0.717, 1.165) is 19.3 Å². The summed E-state index contributed by atoms with van der Waals surface area (Å²) in [6.07, 6.45) is 2.44. The summed E-state index contributed by atoms with van der Waals surface area (Å²) in [5.74, 6) is -2.25. The third kappa shape index (κ3) is 5.68. The zero-order chi connectivity index (χ0) is 13.4. The Balaban J connectivity index is 4.07. The average Bonchev–Trinajstić information content (AvgIpc) is 2.31. The number of aliphatic carboxylic acids is 1. The summed E-state index contributed by atoms with van der Waals surface area (Å²) < 4.78 is 0. The Morgan fingerprint density at radius 3 is 2.18 bits per heavy atom. The van der Waals surface area contributed by atoms with Crippen LogP contribution < -0.4 is 0 Å². The van der Waals surface area contributed by atoms with E-state index in [2.05, 4.69) is 0 Å². The molecule has 0 rings (SSSR count). The van der Waals surface area contributed by atoms with Crippen LogP contribution in [0, 0.1) is 11.8 Å². The van der Waals surface area contributed by atoms with Crippen LogP contribution in [-0.2, 0) is 9.59 Å². The first-order valence-corrected chi connectivity index (χ1v) is 6.00. The fourth-order valence-corrected chi connectivity index (χ4v) is 1.52. The second-order valence-electron chi connectivity index (χ2n) is 4.46. The highest BCUT2D eigenvalue weighted by Crippen LogP contribution is 2.14. The van der Waals surface area contributed by atoms with Crippen molar-refractivity contribution < 1.29 is 19.8 Å². The van der Waals surface area contributed by atoms with Gasteiger partial charge in [-0.05, 0) is 19.3 Å². The molecule has 0 aliphatic carbocycles. The Kier molecular flexibility index (Phi) is 7.54. The zero-order valence-corrected chi connectivity index (χ0v) is 10.8. The summed E-state index contributed by atoms with van der Waals surface area (Å²) in [7, 11) is 1.69. The number of carbonyl (C=O) groups excluding carboxylic acids is 1. The minimum Gasteiger partial charge on any atom is -0.481 e. The molecule has 5 heteroatoms. The van der Waals surface area contributed by atoms with E-state index in [1.807, 2.05) is 0 Å². The number of carboxylic acids is 1. The topological polar surface area (TPSA) is 77.8 Å². The van der Waals surface area contributed by atoms with Gasteiger partial charge in [-0.25, -0.2) is 0 Å². The van der Waals surface area contributed by atoms with Gasteiger partial charge in [0.15, 0.2) is 0 Å². The number of aliphatic hydroxyl groups is 1. The van der Waals surface area contributed by atoms with Crippen molar-refractivity contribution in [1.82, 2.24) is 4.90 Å². The molecule has 2 N–H and O–H groups in total. The Morgan fingerprint density at radius 2 is 1.71 bits per heavy atom. The summed E-state index contributed by atoms with van der Waals surface area (Å²) in [5.41, 5.74) is 0. The van der Waals surface area contributed by atoms with Gasteiger partial charge in [0.25, 0.3) is 0 Å². The number of hydrogen-bond acceptors (Lipinski definition) is 3. The summed E-state index contributed by atoms with van der Waals surface area (Å²) in [5, 5.41) is 17.4. The molecular weight excluding hydrogens is 222 g/mol. The summed E-state index contributed by atoms with van der Waals surface area (Å²) >= 11 is 0. The number of nitrogens with zero attached hydrogens (tertiary/aromatic N) is 1. The maximum atomic E-state index is 11.9. The number of unbranched alkanes of at least 4 members (excludes halogenated alkanes) is 2. The lowest BCUT2D eigenvalue weighted by molar-refractivity contribution is -0.148. The van der Waals surface area contributed by atoms with Crippen LogP contribution in [0.4, 0.5) is 0 Å². The molecule has 0 fully saturated rings. The Labute approximate surface area is 102 Å². The molecule has 100 valence electrons. The summed E-state index contributed by atoms with van der Waals surface area (Å²) in [6.45, 7) is 3.97. The number of carboxylic acid groups (broad SMARTS) is 1. The fraction of sp³-hybridized carbons (Fsp3) is 0.833. The normalized spacial score (nSPS) is 14.1. The van der Waals surface area contributed by atoms with E-state index >= 15 is 0 Å². The highest BCUT2D eigenvalue weighted by Gasteiger charge is 2.27. The van der Waals surface area contributed by atoms with Gasteiger partial charge in [-0.15, -0.1) is 0 Å². The first kappa shape index (κ1) is 15.9. The zero-order valence-electron chi connectivity index (χ0n) is 10.8. The van der Waals surface area contributed by atoms with Gasteiger partial charge >= 0.3 is 5.97 Å². The molecular formula is C12H23NO4. The summed E-state index contributed by atoms with van der Waals surface area (Å²) in [4.78, 5) is 24.2. The minimum absolute atomic E-state index is 0.135. The van der Waals surface area contributed by atoms with Gasteiger partial charge in [0, 0.05) is 26.1 Å². The molecule has 0 aliphatic heterocycles. The molecule has 0 aromatic rings. The van der Waals surface area contributed by atoms with Crippen LogP contribution in [-0.4, -0.2) is 47.2 Å². The maximum absolute atomic E-state index is 11.9. The Morgan fingerprint density at radius 1 is 1.12 bits per heavy atom. The van der Waals surface area contributed by atoms with Gasteiger partial charge in [0.05, 0.1) is 5.92 Å². The second kappa shape index (κ2) is 8.06. The highest BCUT2D eigenvalue weighted by molar-refractivity contribution is 5.84. The van der Waals surface area contributed by atoms with Crippen molar-refractivity contribution >= 4 is 11.9 Å². The molecule has 0 bridgehead atoms. The van der Waals surface area contributed by atoms with E-state index in [-0.39, 0.29) is 12.5 Å². The predicted molar refractivity (Wildman–Crippen MR) is 64.5 cm³/mol. The van der Waals surface area contributed by atoms with Gasteiger partial charge in [-0.1, -0.05) is 13.8 Å². The van der Waals surface area contributed by atoms with Gasteiger partial charge in [0.2, 0.25) is 5.91 Å². The second-order valence-corrected chi connectivity index (χ2v) is 4.46. The van der Waals surface area contributed by atoms with E-state index in [9.17, 15) is 9.59 Å². The molecule has 0 radical (unpaired) electrons. The highest BCUT2D eigenvalue weighted by atomic mass is 16.4. The standard InChI is InChI=1S/C12H23NO4/c1-9(10(2)12(16)17)11(15)13(3)7-5-4-6-8-14/h9-10,14H,4-8H2,1-3H3,(H,16,17). The molecule has 0 saturated carbocycles. The third-order valence-corrected chi connectivity index (χ3v) is 3.06. The molecule has 2 unspecified atom stereocenters. The molecule has 0 heterocycles. The van der Waals surface area contributed by atoms with Crippen molar-refractivity contribution in [2.45, 2.75) is 33.1 Å². The van der Waals surface area contributed by atoms with Crippen LogP contribution in [0.25, 0.3) is 0 Å². The van der Waals surface area contributed by atoms with Crippen LogP contribution in [0.15, 0.2) is 0 Å². The summed E-state index contributed by atoms with van der Waals surface area (Å²) in [6, 6.07) is 0. The van der Waals surface area contributed by atoms with Crippen LogP contribution in [0.3, 0.4) is 0 Å². The van der Waals surface area contributed by atoms with E-state index in [0.29, 0.717) is 6.54 Å². The van der Waals surface area contributed by atoms with E-state index in [1.54, 1.807) is 25.8 Å². The van der Waals surface area contributed by atoms with Crippen molar-refractivity contribution in [3.8, 4) is 0 Å². The van der Waals surface area contributed by atoms with Gasteiger partial charge < -0.3 is 15.1 Å². The number of amides is 1. The quantitative estimate of drug-likeness (QED) is 0.624. The fourth-order valence-electron chi connectivity index (χ4n) is 1.52. The van der Waals surface area contributed by atoms with Crippen LogP contribution in [0.5, 0.6) is 0 Å². The van der Waals surface area contributed by atoms with Gasteiger partial charge in [0.1, 0.15) is 0 Å². The number of aliphatic hydroxyl groups excluding tert-OH is 1. The smallest absolute Gasteiger partial charge is 0.307 e. The van der Waals surface area contributed by atoms with Crippen LogP contribution in [0.1, 0.15) is 33.1 Å². The predicted octanol–water partition coefficient (Wildman–Crippen LogP) is 0.964.